The summed E-state index contributed by atoms with van der Waals surface area (Å²) in [6.45, 7) is 9.24. The third-order valence-corrected chi connectivity index (χ3v) is 5.52. The Bertz CT molecular complexity index is 432. The Morgan fingerprint density at radius 2 is 2.10 bits per heavy atom. The maximum Gasteiger partial charge on any atom is 0.0299 e. The molecule has 0 radical (unpaired) electrons. The van der Waals surface area contributed by atoms with Crippen LogP contribution in [-0.2, 0) is 13.1 Å². The van der Waals surface area contributed by atoms with Crippen molar-refractivity contribution >= 4 is 11.3 Å². The van der Waals surface area contributed by atoms with Gasteiger partial charge in [0.2, 0.25) is 0 Å². The molecule has 0 unspecified atom stereocenters. The molecular formula is C17H28N2S. The van der Waals surface area contributed by atoms with E-state index in [0.29, 0.717) is 0 Å². The van der Waals surface area contributed by atoms with Crippen LogP contribution in [0.4, 0.5) is 0 Å². The maximum absolute atomic E-state index is 3.52. The highest BCUT2D eigenvalue weighted by Gasteiger charge is 2.33. The second-order valence-electron chi connectivity index (χ2n) is 6.57. The summed E-state index contributed by atoms with van der Waals surface area (Å²) < 4.78 is 0. The molecule has 2 aliphatic rings. The molecule has 20 heavy (non-hydrogen) atoms. The number of nitrogens with one attached hydrogen (secondary N) is 1. The van der Waals surface area contributed by atoms with E-state index in [1.807, 2.05) is 11.3 Å². The predicted octanol–water partition coefficient (Wildman–Crippen LogP) is 3.93. The fourth-order valence-electron chi connectivity index (χ4n) is 2.85. The lowest BCUT2D eigenvalue weighted by Gasteiger charge is -2.21. The summed E-state index contributed by atoms with van der Waals surface area (Å²) in [5.74, 6) is 1.01. The second kappa shape index (κ2) is 6.59. The first-order valence-corrected chi connectivity index (χ1v) is 9.11. The number of aryl methyl sites for hydroxylation is 1. The third-order valence-electron chi connectivity index (χ3n) is 4.42. The molecule has 1 aromatic heterocycles. The Kier molecular flexibility index (Phi) is 4.79. The molecule has 1 aromatic rings. The first-order chi connectivity index (χ1) is 9.76. The Morgan fingerprint density at radius 1 is 1.30 bits per heavy atom. The van der Waals surface area contributed by atoms with E-state index in [4.69, 9.17) is 0 Å². The van der Waals surface area contributed by atoms with Gasteiger partial charge in [0, 0.05) is 35.4 Å². The number of hydrogen-bond acceptors (Lipinski definition) is 3. The summed E-state index contributed by atoms with van der Waals surface area (Å²) in [6, 6.07) is 3.35. The number of thiophene rings is 1. The molecule has 0 saturated heterocycles. The van der Waals surface area contributed by atoms with E-state index >= 15 is 0 Å². The zero-order chi connectivity index (χ0) is 13.9. The zero-order valence-corrected chi connectivity index (χ0v) is 13.8. The van der Waals surface area contributed by atoms with E-state index in [1.165, 1.54) is 54.9 Å². The Morgan fingerprint density at radius 3 is 2.75 bits per heavy atom. The van der Waals surface area contributed by atoms with Crippen LogP contribution < -0.4 is 5.32 Å². The topological polar surface area (TPSA) is 15.3 Å². The number of nitrogens with zero attached hydrogens (tertiary/aromatic N) is 1. The van der Waals surface area contributed by atoms with Crippen molar-refractivity contribution < 1.29 is 0 Å². The Hall–Kier alpha value is -0.380. The van der Waals surface area contributed by atoms with Gasteiger partial charge in [0.15, 0.2) is 0 Å². The van der Waals surface area contributed by atoms with Gasteiger partial charge in [-0.15, -0.1) is 11.3 Å². The third kappa shape index (κ3) is 4.06. The molecule has 3 rings (SSSR count). The summed E-state index contributed by atoms with van der Waals surface area (Å²) in [7, 11) is 0. The monoisotopic (exact) mass is 292 g/mol. The van der Waals surface area contributed by atoms with Crippen molar-refractivity contribution in [3.05, 3.63) is 21.4 Å². The minimum absolute atomic E-state index is 0.900. The molecule has 0 aliphatic heterocycles. The van der Waals surface area contributed by atoms with E-state index in [2.05, 4.69) is 30.1 Å². The van der Waals surface area contributed by atoms with Crippen LogP contribution in [0.15, 0.2) is 6.07 Å². The molecule has 0 atom stereocenters. The van der Waals surface area contributed by atoms with E-state index < -0.39 is 0 Å². The van der Waals surface area contributed by atoms with Crippen molar-refractivity contribution in [2.45, 2.75) is 65.1 Å². The van der Waals surface area contributed by atoms with Gasteiger partial charge in [0.1, 0.15) is 0 Å². The molecule has 0 bridgehead atoms. The minimum Gasteiger partial charge on any atom is -0.312 e. The molecule has 1 heterocycles. The summed E-state index contributed by atoms with van der Waals surface area (Å²) in [5, 5.41) is 3.52. The van der Waals surface area contributed by atoms with Crippen molar-refractivity contribution in [1.82, 2.24) is 10.2 Å². The Balaban J connectivity index is 1.57. The van der Waals surface area contributed by atoms with Crippen LogP contribution in [0, 0.1) is 12.8 Å². The van der Waals surface area contributed by atoms with E-state index in [9.17, 15) is 0 Å². The number of hydrogen-bond donors (Lipinski definition) is 1. The largest absolute Gasteiger partial charge is 0.312 e. The smallest absolute Gasteiger partial charge is 0.0299 e. The molecular weight excluding hydrogens is 264 g/mol. The molecule has 0 aromatic carbocycles. The first kappa shape index (κ1) is 14.6. The lowest BCUT2D eigenvalue weighted by Crippen LogP contribution is -2.27. The van der Waals surface area contributed by atoms with Crippen molar-refractivity contribution in [2.75, 3.05) is 13.1 Å². The fraction of sp³-hybridized carbons (Fsp3) is 0.765. The van der Waals surface area contributed by atoms with E-state index in [1.54, 1.807) is 5.56 Å². The van der Waals surface area contributed by atoms with Gasteiger partial charge >= 0.3 is 0 Å². The standard InChI is InChI=1S/C17H28N2S/c1-3-8-18-10-17-9-15(13(2)20-17)12-19(16-6-7-16)11-14-4-5-14/h9,14,16,18H,3-8,10-12H2,1-2H3. The van der Waals surface area contributed by atoms with Crippen LogP contribution in [0.3, 0.4) is 0 Å². The molecule has 0 amide bonds. The second-order valence-corrected chi connectivity index (χ2v) is 7.92. The molecule has 2 aliphatic carbocycles. The lowest BCUT2D eigenvalue weighted by atomic mass is 10.2. The Labute approximate surface area is 127 Å². The molecule has 112 valence electrons. The van der Waals surface area contributed by atoms with Gasteiger partial charge in [0.25, 0.3) is 0 Å². The van der Waals surface area contributed by atoms with Crippen molar-refractivity contribution in [1.29, 1.82) is 0 Å². The van der Waals surface area contributed by atoms with Crippen molar-refractivity contribution in [3.63, 3.8) is 0 Å². The van der Waals surface area contributed by atoms with Crippen molar-refractivity contribution in [2.24, 2.45) is 5.92 Å². The predicted molar refractivity (Wildman–Crippen MR) is 87.2 cm³/mol. The minimum atomic E-state index is 0.900. The van der Waals surface area contributed by atoms with Gasteiger partial charge in [-0.25, -0.2) is 0 Å². The van der Waals surface area contributed by atoms with Crippen LogP contribution >= 0.6 is 11.3 Å². The normalized spacial score (nSPS) is 18.9. The highest BCUT2D eigenvalue weighted by molar-refractivity contribution is 7.12. The van der Waals surface area contributed by atoms with Crippen LogP contribution in [-0.4, -0.2) is 24.0 Å². The van der Waals surface area contributed by atoms with Crippen LogP contribution in [0.2, 0.25) is 0 Å². The lowest BCUT2D eigenvalue weighted by molar-refractivity contribution is 0.244. The highest BCUT2D eigenvalue weighted by atomic mass is 32.1. The van der Waals surface area contributed by atoms with E-state index in [0.717, 1.165) is 25.0 Å². The fourth-order valence-corrected chi connectivity index (χ4v) is 3.88. The average molecular weight is 292 g/mol. The van der Waals surface area contributed by atoms with Gasteiger partial charge in [-0.3, -0.25) is 4.90 Å². The van der Waals surface area contributed by atoms with E-state index in [-0.39, 0.29) is 0 Å². The van der Waals surface area contributed by atoms with Crippen LogP contribution in [0.1, 0.15) is 54.3 Å². The molecule has 1 N–H and O–H groups in total. The summed E-state index contributed by atoms with van der Waals surface area (Å²) in [6.07, 6.45) is 7.02. The van der Waals surface area contributed by atoms with Gasteiger partial charge < -0.3 is 5.32 Å². The van der Waals surface area contributed by atoms with Crippen LogP contribution in [0.5, 0.6) is 0 Å². The summed E-state index contributed by atoms with van der Waals surface area (Å²) >= 11 is 1.98. The maximum atomic E-state index is 3.52. The van der Waals surface area contributed by atoms with Gasteiger partial charge in [-0.1, -0.05) is 6.92 Å². The average Bonchev–Trinajstić information content (AvgIpc) is 3.31. The summed E-state index contributed by atoms with van der Waals surface area (Å²) in [4.78, 5) is 5.79. The molecule has 2 fully saturated rings. The van der Waals surface area contributed by atoms with Crippen molar-refractivity contribution in [3.8, 4) is 0 Å². The first-order valence-electron chi connectivity index (χ1n) is 8.29. The van der Waals surface area contributed by atoms with Gasteiger partial charge in [-0.2, -0.15) is 0 Å². The van der Waals surface area contributed by atoms with Crippen LogP contribution in [0.25, 0.3) is 0 Å². The SMILES string of the molecule is CCCNCc1cc(CN(CC2CC2)C2CC2)c(C)s1. The number of rotatable bonds is 9. The molecule has 2 saturated carbocycles. The highest BCUT2D eigenvalue weighted by Crippen LogP contribution is 2.36. The zero-order valence-electron chi connectivity index (χ0n) is 13.0. The summed E-state index contributed by atoms with van der Waals surface area (Å²) in [5.41, 5.74) is 1.58. The van der Waals surface area contributed by atoms with Gasteiger partial charge in [-0.05, 0) is 63.1 Å². The molecule has 2 nitrogen and oxygen atoms in total. The quantitative estimate of drug-likeness (QED) is 0.694. The molecule has 3 heteroatoms. The van der Waals surface area contributed by atoms with Gasteiger partial charge in [0.05, 0.1) is 0 Å². The molecule has 0 spiro atoms.